The Balaban J connectivity index is 0.00000117. The molecule has 0 unspecified atom stereocenters. The van der Waals surface area contributed by atoms with Crippen LogP contribution in [0.25, 0.3) is 21.1 Å². The van der Waals surface area contributed by atoms with Crippen molar-refractivity contribution in [3.8, 4) is 11.1 Å². The van der Waals surface area contributed by atoms with E-state index in [1.807, 2.05) is 0 Å². The molecule has 234 valence electrons. The maximum absolute atomic E-state index is 5.44. The Hall–Kier alpha value is -0.502. The van der Waals surface area contributed by atoms with Gasteiger partial charge in [0, 0.05) is 26.4 Å². The van der Waals surface area contributed by atoms with Crippen molar-refractivity contribution >= 4 is 27.8 Å². The molecule has 0 saturated carbocycles. The molecule has 4 rings (SSSR count). The van der Waals surface area contributed by atoms with Gasteiger partial charge in [0.2, 0.25) is 0 Å². The van der Waals surface area contributed by atoms with Crippen molar-refractivity contribution in [3.05, 3.63) is 64.9 Å². The fourth-order valence-electron chi connectivity index (χ4n) is 4.10. The van der Waals surface area contributed by atoms with Gasteiger partial charge in [0.05, 0.1) is 0 Å². The van der Waals surface area contributed by atoms with Crippen LogP contribution < -0.4 is 0 Å². The topological polar surface area (TPSA) is 46.7 Å². The summed E-state index contributed by atoms with van der Waals surface area (Å²) >= 11 is 0. The molecule has 0 amide bonds. The first kappa shape index (κ1) is 41.5. The zero-order valence-electron chi connectivity index (χ0n) is 29.4. The Kier molecular flexibility index (Phi) is 17.6. The summed E-state index contributed by atoms with van der Waals surface area (Å²) in [6, 6.07) is 13.1. The zero-order valence-corrected chi connectivity index (χ0v) is 34.2. The first-order valence-electron chi connectivity index (χ1n) is 15.3. The largest absolute Gasteiger partial charge is 3.00 e. The Bertz CT molecular complexity index is 967. The third-order valence-corrected chi connectivity index (χ3v) is 17.8. The van der Waals surface area contributed by atoms with Crippen molar-refractivity contribution in [2.24, 2.45) is 0 Å². The summed E-state index contributed by atoms with van der Waals surface area (Å²) < 4.78 is 9.89. The number of ether oxygens (including phenoxy) is 2. The van der Waals surface area contributed by atoms with Gasteiger partial charge in [-0.3, -0.25) is 0 Å². The van der Waals surface area contributed by atoms with Crippen LogP contribution in [0.2, 0.25) is 36.3 Å². The third kappa shape index (κ3) is 12.1. The van der Waals surface area contributed by atoms with E-state index in [2.05, 4.69) is 118 Å². The predicted molar refractivity (Wildman–Crippen MR) is 188 cm³/mol. The Morgan fingerprint density at radius 3 is 1.07 bits per heavy atom. The van der Waals surface area contributed by atoms with Crippen molar-refractivity contribution in [1.29, 1.82) is 0 Å². The molecule has 0 spiro atoms. The zero-order chi connectivity index (χ0) is 30.2. The monoisotopic (exact) mass is 686 g/mol. The summed E-state index contributed by atoms with van der Waals surface area (Å²) in [4.78, 5) is 10.9. The van der Waals surface area contributed by atoms with E-state index in [0.717, 1.165) is 37.8 Å². The van der Waals surface area contributed by atoms with Crippen LogP contribution in [0.1, 0.15) is 78.4 Å². The van der Waals surface area contributed by atoms with Gasteiger partial charge in [-0.1, -0.05) is 114 Å². The number of aryl methyl sites for hydroxylation is 2. The number of nitrogens with zero attached hydrogens (tertiary/aromatic N) is 2. The Labute approximate surface area is 288 Å². The molecule has 0 radical (unpaired) electrons. The summed E-state index contributed by atoms with van der Waals surface area (Å²) in [5.41, 5.74) is 7.33. The summed E-state index contributed by atoms with van der Waals surface area (Å²) in [7, 11) is -3.68. The fourth-order valence-corrected chi connectivity index (χ4v) is 6.35. The molecule has 42 heavy (non-hydrogen) atoms. The van der Waals surface area contributed by atoms with Crippen LogP contribution in [0, 0.1) is 21.3 Å². The minimum atomic E-state index is -1.84. The smallest absolute Gasteiger partial charge is 0.686 e. The molecule has 0 aliphatic carbocycles. The number of benzene rings is 2. The van der Waals surface area contributed by atoms with E-state index in [1.165, 1.54) is 47.9 Å². The van der Waals surface area contributed by atoms with Crippen molar-refractivity contribution in [2.45, 2.75) is 117 Å². The fraction of sp³-hybridized carbons (Fsp3) is 0.629. The molecule has 0 N–H and O–H groups in total. The SMILES string of the molecule is C1CCOC1.C1CCOC1.Cc1cccc([N-][Si](C)(C)C(C)(C)C)c1-c1c(C)cccc1[N-][Si](C)(C)C(C)(C)C.[CH3-].[Y+3]. The second-order valence-corrected chi connectivity index (χ2v) is 24.1. The van der Waals surface area contributed by atoms with Crippen LogP contribution >= 0.6 is 0 Å². The van der Waals surface area contributed by atoms with Gasteiger partial charge in [-0.2, -0.15) is 0 Å². The van der Waals surface area contributed by atoms with Gasteiger partial charge in [0.25, 0.3) is 0 Å². The van der Waals surface area contributed by atoms with Gasteiger partial charge in [-0.15, -0.1) is 11.4 Å². The molecule has 2 aromatic rings. The van der Waals surface area contributed by atoms with Gasteiger partial charge >= 0.3 is 32.7 Å². The molecule has 2 heterocycles. The van der Waals surface area contributed by atoms with E-state index in [0.29, 0.717) is 0 Å². The summed E-state index contributed by atoms with van der Waals surface area (Å²) in [5.74, 6) is 0. The van der Waals surface area contributed by atoms with E-state index < -0.39 is 16.5 Å². The molecule has 4 nitrogen and oxygen atoms in total. The molecule has 7 heteroatoms. The van der Waals surface area contributed by atoms with Crippen LogP contribution in [-0.4, -0.2) is 42.9 Å². The summed E-state index contributed by atoms with van der Waals surface area (Å²) in [5, 5.41) is 0.405. The third-order valence-electron chi connectivity index (χ3n) is 8.88. The summed E-state index contributed by atoms with van der Waals surface area (Å²) in [6.07, 6.45) is 5.11. The van der Waals surface area contributed by atoms with Crippen LogP contribution in [0.4, 0.5) is 11.4 Å². The molecule has 2 saturated heterocycles. The van der Waals surface area contributed by atoms with Crippen molar-refractivity contribution in [1.82, 2.24) is 0 Å². The molecule has 2 aromatic carbocycles. The van der Waals surface area contributed by atoms with E-state index >= 15 is 0 Å². The van der Waals surface area contributed by atoms with Gasteiger partial charge in [-0.05, 0) is 78.3 Å². The van der Waals surface area contributed by atoms with Crippen LogP contribution in [0.3, 0.4) is 0 Å². The van der Waals surface area contributed by atoms with Gasteiger partial charge in [-0.25, -0.2) is 0 Å². The first-order valence-corrected chi connectivity index (χ1v) is 21.2. The molecule has 2 fully saturated rings. The van der Waals surface area contributed by atoms with Gasteiger partial charge in [0.15, 0.2) is 0 Å². The minimum absolute atomic E-state index is 0. The second-order valence-electron chi connectivity index (χ2n) is 14.4. The van der Waals surface area contributed by atoms with Gasteiger partial charge in [0.1, 0.15) is 0 Å². The Morgan fingerprint density at radius 2 is 0.857 bits per heavy atom. The average Bonchev–Trinajstić information content (AvgIpc) is 3.58. The number of hydrogen-bond donors (Lipinski definition) is 0. The molecule has 0 aromatic heterocycles. The molecule has 0 atom stereocenters. The Morgan fingerprint density at radius 1 is 0.571 bits per heavy atom. The van der Waals surface area contributed by atoms with E-state index in [1.54, 1.807) is 0 Å². The summed E-state index contributed by atoms with van der Waals surface area (Å²) in [6.45, 7) is 31.9. The molecular weight excluding hydrogens is 625 g/mol. The van der Waals surface area contributed by atoms with E-state index in [4.69, 9.17) is 19.4 Å². The molecule has 0 bridgehead atoms. The van der Waals surface area contributed by atoms with Crippen molar-refractivity contribution < 1.29 is 42.2 Å². The quantitative estimate of drug-likeness (QED) is 0.232. The van der Waals surface area contributed by atoms with Crippen molar-refractivity contribution in [3.63, 3.8) is 0 Å². The molecule has 2 aliphatic heterocycles. The number of hydrogen-bond acceptors (Lipinski definition) is 2. The standard InChI is InChI=1S/C26H42N2Si2.2C4H8O.CH3.Y/c1-19-15-13-17-21(27-29(9,10)25(3,4)5)23(19)24-20(2)16-14-18-22(24)28-30(11,12)26(6,7)8;2*1-2-4-5-3-1;;/h13-18H,1-12H3;2*1-4H2;1H3;/q-2;;;-1;+3. The molecular formula is C35H61N2O2Si2Y. The predicted octanol–water partition coefficient (Wildman–Crippen LogP) is 12.0. The second kappa shape index (κ2) is 17.8. The number of rotatable bonds is 5. The van der Waals surface area contributed by atoms with Crippen LogP contribution in [0.15, 0.2) is 36.4 Å². The van der Waals surface area contributed by atoms with Crippen LogP contribution in [-0.2, 0) is 42.2 Å². The van der Waals surface area contributed by atoms with Crippen molar-refractivity contribution in [2.75, 3.05) is 26.4 Å². The molecule has 2 aliphatic rings. The van der Waals surface area contributed by atoms with E-state index in [9.17, 15) is 0 Å². The van der Waals surface area contributed by atoms with Gasteiger partial charge < -0.3 is 26.9 Å². The maximum Gasteiger partial charge on any atom is 3.00 e. The maximum atomic E-state index is 5.44. The first-order chi connectivity index (χ1) is 18.5. The minimum Gasteiger partial charge on any atom is -0.686 e. The van der Waals surface area contributed by atoms with Crippen LogP contribution in [0.5, 0.6) is 0 Å². The van der Waals surface area contributed by atoms with E-state index in [-0.39, 0.29) is 50.2 Å². The normalized spacial score (nSPS) is 15.2. The average molecular weight is 687 g/mol.